The predicted molar refractivity (Wildman–Crippen MR) is 161 cm³/mol. The summed E-state index contributed by atoms with van der Waals surface area (Å²) in [5.41, 5.74) is 1.41. The maximum atomic E-state index is 14.8. The number of benzene rings is 3. The van der Waals surface area contributed by atoms with Crippen molar-refractivity contribution in [3.8, 4) is 17.2 Å². The molecule has 8 heteroatoms. The maximum absolute atomic E-state index is 14.8. The predicted octanol–water partition coefficient (Wildman–Crippen LogP) is 6.09. The zero-order valence-corrected chi connectivity index (χ0v) is 24.0. The molecule has 3 aliphatic rings. The first-order valence-electron chi connectivity index (χ1n) is 13.6. The molecule has 42 heavy (non-hydrogen) atoms. The van der Waals surface area contributed by atoms with Crippen molar-refractivity contribution < 1.29 is 28.6 Å². The fourth-order valence-corrected chi connectivity index (χ4v) is 7.83. The van der Waals surface area contributed by atoms with Gasteiger partial charge in [0.25, 0.3) is 0 Å². The van der Waals surface area contributed by atoms with Gasteiger partial charge < -0.3 is 19.1 Å². The molecule has 2 aliphatic heterocycles. The second-order valence-electron chi connectivity index (χ2n) is 10.6. The summed E-state index contributed by atoms with van der Waals surface area (Å²) in [5, 5.41) is 1.86. The zero-order chi connectivity index (χ0) is 29.2. The summed E-state index contributed by atoms with van der Waals surface area (Å²) in [6.45, 7) is 0. The number of thiophene rings is 1. The van der Waals surface area contributed by atoms with E-state index in [1.165, 1.54) is 32.7 Å². The number of anilines is 1. The van der Waals surface area contributed by atoms with Crippen LogP contribution >= 0.6 is 11.3 Å². The van der Waals surface area contributed by atoms with E-state index in [1.54, 1.807) is 42.5 Å². The van der Waals surface area contributed by atoms with Crippen molar-refractivity contribution >= 4 is 40.4 Å². The third-order valence-corrected chi connectivity index (χ3v) is 9.68. The summed E-state index contributed by atoms with van der Waals surface area (Å²) in [6, 6.07) is 20.3. The SMILES string of the molecule is COc1cc([C@H]2[C@H](C(=O)c3cccs3)N3c4ccccc4C=CC3C23C(=O)c2ccccc2C3=O)cc(OC)c1OC. The highest BCUT2D eigenvalue weighted by Crippen LogP contribution is 2.62. The lowest BCUT2D eigenvalue weighted by atomic mass is 9.64. The van der Waals surface area contributed by atoms with Crippen LogP contribution < -0.4 is 19.1 Å². The molecule has 4 aromatic rings. The minimum Gasteiger partial charge on any atom is -0.493 e. The van der Waals surface area contributed by atoms with Crippen molar-refractivity contribution in [2.45, 2.75) is 18.0 Å². The fourth-order valence-electron chi connectivity index (χ4n) is 7.14. The minimum atomic E-state index is -1.62. The molecule has 1 unspecified atom stereocenters. The number of ketones is 3. The van der Waals surface area contributed by atoms with Crippen LogP contribution in [0.15, 0.2) is 84.3 Å². The van der Waals surface area contributed by atoms with Gasteiger partial charge in [0.2, 0.25) is 5.75 Å². The summed E-state index contributed by atoms with van der Waals surface area (Å²) in [4.78, 5) is 46.8. The molecule has 7 nitrogen and oxygen atoms in total. The molecule has 3 heterocycles. The second kappa shape index (κ2) is 9.70. The van der Waals surface area contributed by atoms with Crippen LogP contribution in [0.4, 0.5) is 5.69 Å². The number of para-hydroxylation sites is 1. The Balaban J connectivity index is 1.58. The summed E-state index contributed by atoms with van der Waals surface area (Å²) in [6.07, 6.45) is 3.86. The molecule has 1 saturated heterocycles. The van der Waals surface area contributed by atoms with Gasteiger partial charge in [0.1, 0.15) is 11.5 Å². The Bertz CT molecular complexity index is 1730. The number of rotatable bonds is 6. The van der Waals surface area contributed by atoms with E-state index in [0.717, 1.165) is 11.3 Å². The van der Waals surface area contributed by atoms with Gasteiger partial charge in [-0.1, -0.05) is 60.7 Å². The Hall–Kier alpha value is -4.69. The van der Waals surface area contributed by atoms with Gasteiger partial charge in [0.15, 0.2) is 28.8 Å². The monoisotopic (exact) mass is 577 g/mol. The molecule has 0 bridgehead atoms. The van der Waals surface area contributed by atoms with Gasteiger partial charge in [-0.2, -0.15) is 0 Å². The van der Waals surface area contributed by atoms with Crippen molar-refractivity contribution in [3.63, 3.8) is 0 Å². The number of fused-ring (bicyclic) bond motifs is 5. The number of Topliss-reactive ketones (excluding diaryl/α,β-unsaturated/α-hetero) is 3. The fraction of sp³-hybridized carbons (Fsp3) is 0.206. The molecule has 210 valence electrons. The highest BCUT2D eigenvalue weighted by atomic mass is 32.1. The van der Waals surface area contributed by atoms with Crippen LogP contribution in [0.3, 0.4) is 0 Å². The largest absolute Gasteiger partial charge is 0.493 e. The van der Waals surface area contributed by atoms with E-state index in [-0.39, 0.29) is 17.3 Å². The smallest absolute Gasteiger partial charge is 0.203 e. The molecule has 0 radical (unpaired) electrons. The molecule has 1 spiro atoms. The van der Waals surface area contributed by atoms with Crippen LogP contribution in [0.2, 0.25) is 0 Å². The maximum Gasteiger partial charge on any atom is 0.203 e. The number of hydrogen-bond donors (Lipinski definition) is 0. The molecular weight excluding hydrogens is 550 g/mol. The molecule has 3 aromatic carbocycles. The molecule has 1 aliphatic carbocycles. The zero-order valence-electron chi connectivity index (χ0n) is 23.2. The van der Waals surface area contributed by atoms with Gasteiger partial charge in [-0.15, -0.1) is 11.3 Å². The Kier molecular flexibility index (Phi) is 6.06. The third-order valence-electron chi connectivity index (χ3n) is 8.79. The Morgan fingerprint density at radius 1 is 0.833 bits per heavy atom. The highest BCUT2D eigenvalue weighted by Gasteiger charge is 2.71. The molecule has 0 amide bonds. The van der Waals surface area contributed by atoms with Crippen LogP contribution in [0.5, 0.6) is 17.2 Å². The van der Waals surface area contributed by atoms with E-state index in [2.05, 4.69) is 0 Å². The number of ether oxygens (including phenoxy) is 3. The number of hydrogen-bond acceptors (Lipinski definition) is 8. The summed E-state index contributed by atoms with van der Waals surface area (Å²) in [5.74, 6) is -0.487. The van der Waals surface area contributed by atoms with Crippen molar-refractivity contribution in [1.82, 2.24) is 0 Å². The summed E-state index contributed by atoms with van der Waals surface area (Å²) in [7, 11) is 4.55. The molecule has 1 aromatic heterocycles. The van der Waals surface area contributed by atoms with Gasteiger partial charge in [-0.05, 0) is 40.8 Å². The number of carbonyl (C=O) groups is 3. The van der Waals surface area contributed by atoms with Crippen molar-refractivity contribution in [2.24, 2.45) is 5.41 Å². The number of methoxy groups -OCH3 is 3. The standard InChI is InChI=1S/C34H27NO6S/c1-39-24-17-20(18-25(40-2)31(24)41-3)28-29(30(36)26-13-8-16-42-26)35-23-12-7-4-9-19(23)14-15-27(35)34(28)32(37)21-10-5-6-11-22(21)33(34)38/h4-18,27-29H,1-3H3/t27?,28-,29+/m0/s1. The van der Waals surface area contributed by atoms with Gasteiger partial charge in [0.05, 0.1) is 32.2 Å². The number of nitrogens with zero attached hydrogens (tertiary/aromatic N) is 1. The van der Waals surface area contributed by atoms with E-state index in [9.17, 15) is 14.4 Å². The minimum absolute atomic E-state index is 0.160. The Morgan fingerprint density at radius 2 is 1.48 bits per heavy atom. The van der Waals surface area contributed by atoms with Gasteiger partial charge in [-0.25, -0.2) is 0 Å². The second-order valence-corrected chi connectivity index (χ2v) is 11.5. The summed E-state index contributed by atoms with van der Waals surface area (Å²) < 4.78 is 17.0. The molecule has 3 atom stereocenters. The Labute approximate surface area is 247 Å². The highest BCUT2D eigenvalue weighted by molar-refractivity contribution is 7.12. The van der Waals surface area contributed by atoms with E-state index >= 15 is 0 Å². The lowest BCUT2D eigenvalue weighted by Gasteiger charge is -2.37. The van der Waals surface area contributed by atoms with Crippen LogP contribution in [0.1, 0.15) is 47.4 Å². The van der Waals surface area contributed by atoms with Crippen molar-refractivity contribution in [3.05, 3.63) is 111 Å². The summed E-state index contributed by atoms with van der Waals surface area (Å²) >= 11 is 1.34. The van der Waals surface area contributed by atoms with Gasteiger partial charge in [-0.3, -0.25) is 14.4 Å². The third kappa shape index (κ3) is 3.35. The molecule has 0 N–H and O–H groups in total. The lowest BCUT2D eigenvalue weighted by molar-refractivity contribution is 0.0665. The molecule has 7 rings (SSSR count). The van der Waals surface area contributed by atoms with Crippen LogP contribution in [0.25, 0.3) is 6.08 Å². The molecule has 0 saturated carbocycles. The lowest BCUT2D eigenvalue weighted by Crippen LogP contribution is -2.48. The van der Waals surface area contributed by atoms with Crippen molar-refractivity contribution in [2.75, 3.05) is 26.2 Å². The first-order chi connectivity index (χ1) is 20.5. The number of carbonyl (C=O) groups excluding carboxylic acids is 3. The topological polar surface area (TPSA) is 82.1 Å². The van der Waals surface area contributed by atoms with Crippen LogP contribution in [-0.2, 0) is 0 Å². The van der Waals surface area contributed by atoms with Gasteiger partial charge >= 0.3 is 0 Å². The molecular formula is C34H27NO6S. The average molecular weight is 578 g/mol. The molecule has 1 fully saturated rings. The Morgan fingerprint density at radius 3 is 2.07 bits per heavy atom. The van der Waals surface area contributed by atoms with Crippen LogP contribution in [-0.4, -0.2) is 50.8 Å². The average Bonchev–Trinajstić information content (AvgIpc) is 3.73. The van der Waals surface area contributed by atoms with Crippen molar-refractivity contribution in [1.29, 1.82) is 0 Å². The van der Waals surface area contributed by atoms with Gasteiger partial charge in [0, 0.05) is 22.7 Å². The van der Waals surface area contributed by atoms with E-state index < -0.39 is 23.4 Å². The van der Waals surface area contributed by atoms with E-state index in [0.29, 0.717) is 38.8 Å². The quantitative estimate of drug-likeness (QED) is 0.203. The first kappa shape index (κ1) is 26.2. The van der Waals surface area contributed by atoms with E-state index in [1.807, 2.05) is 52.8 Å². The van der Waals surface area contributed by atoms with E-state index in [4.69, 9.17) is 14.2 Å². The first-order valence-corrected chi connectivity index (χ1v) is 14.5. The van der Waals surface area contributed by atoms with Crippen LogP contribution in [0, 0.1) is 5.41 Å². The normalized spacial score (nSPS) is 21.2.